The second-order valence-electron chi connectivity index (χ2n) is 6.74. The second-order valence-corrected chi connectivity index (χ2v) is 6.74. The van der Waals surface area contributed by atoms with E-state index in [0.29, 0.717) is 19.3 Å². The number of hydrogen-bond acceptors (Lipinski definition) is 6. The average Bonchev–Trinajstić information content (AvgIpc) is 2.58. The van der Waals surface area contributed by atoms with Gasteiger partial charge in [0.15, 0.2) is 0 Å². The first kappa shape index (κ1) is 18.1. The Bertz CT molecular complexity index is 802. The van der Waals surface area contributed by atoms with Crippen LogP contribution in [0.3, 0.4) is 0 Å². The summed E-state index contributed by atoms with van der Waals surface area (Å²) in [4.78, 5) is 26.4. The van der Waals surface area contributed by atoms with Crippen molar-refractivity contribution in [3.8, 4) is 0 Å². The number of nitrogens with zero attached hydrogens (tertiary/aromatic N) is 2. The maximum atomic E-state index is 12.4. The summed E-state index contributed by atoms with van der Waals surface area (Å²) >= 11 is 0. The van der Waals surface area contributed by atoms with E-state index < -0.39 is 5.56 Å². The largest absolute Gasteiger partial charge is 0.393 e. The molecule has 8 heteroatoms. The number of aromatic amines is 1. The molecular formula is C18H23N5O3. The van der Waals surface area contributed by atoms with Crippen molar-refractivity contribution >= 4 is 11.9 Å². The number of aromatic nitrogens is 3. The maximum absolute atomic E-state index is 12.4. The molecule has 1 aliphatic rings. The summed E-state index contributed by atoms with van der Waals surface area (Å²) in [5, 5.41) is 20.0. The van der Waals surface area contributed by atoms with Gasteiger partial charge >= 0.3 is 0 Å². The zero-order valence-corrected chi connectivity index (χ0v) is 14.4. The van der Waals surface area contributed by atoms with Crippen molar-refractivity contribution in [2.24, 2.45) is 5.92 Å². The van der Waals surface area contributed by atoms with Crippen molar-refractivity contribution in [3.63, 3.8) is 0 Å². The number of carbonyl (C=O) groups excluding carboxylic acids is 1. The first-order chi connectivity index (χ1) is 12.5. The molecule has 5 N–H and O–H groups in total. The van der Waals surface area contributed by atoms with Crippen LogP contribution < -0.4 is 16.6 Å². The highest BCUT2D eigenvalue weighted by Gasteiger charge is 2.34. The van der Waals surface area contributed by atoms with E-state index in [1.165, 1.54) is 0 Å². The lowest BCUT2D eigenvalue weighted by Crippen LogP contribution is -2.48. The Hall–Kier alpha value is -2.74. The molecule has 3 rings (SSSR count). The predicted octanol–water partition coefficient (Wildman–Crippen LogP) is 0.178. The third-order valence-electron chi connectivity index (χ3n) is 4.73. The number of benzene rings is 1. The van der Waals surface area contributed by atoms with Gasteiger partial charge in [0, 0.05) is 18.9 Å². The molecule has 1 fully saturated rings. The van der Waals surface area contributed by atoms with Crippen LogP contribution in [0, 0.1) is 5.92 Å². The van der Waals surface area contributed by atoms with E-state index in [-0.39, 0.29) is 48.5 Å². The number of aryl methyl sites for hydroxylation is 1. The number of H-pyrrole nitrogens is 1. The molecule has 0 saturated heterocycles. The van der Waals surface area contributed by atoms with E-state index in [2.05, 4.69) is 20.5 Å². The zero-order valence-electron chi connectivity index (χ0n) is 14.4. The minimum atomic E-state index is -0.423. The SMILES string of the molecule is Nc1nnc(CCC(=O)N[C@H](Cc2ccccc2)C2CC(O)C2)c(=O)[nH]1. The molecule has 1 aliphatic carbocycles. The van der Waals surface area contributed by atoms with E-state index in [1.807, 2.05) is 30.3 Å². The zero-order chi connectivity index (χ0) is 18.5. The number of nitrogens with two attached hydrogens (primary N) is 1. The van der Waals surface area contributed by atoms with Crippen LogP contribution >= 0.6 is 0 Å². The Kier molecular flexibility index (Phi) is 5.62. The summed E-state index contributed by atoms with van der Waals surface area (Å²) in [6.45, 7) is 0. The summed E-state index contributed by atoms with van der Waals surface area (Å²) in [7, 11) is 0. The Morgan fingerprint density at radius 3 is 2.69 bits per heavy atom. The highest BCUT2D eigenvalue weighted by Crippen LogP contribution is 2.31. The summed E-state index contributed by atoms with van der Waals surface area (Å²) in [6, 6.07) is 9.90. The third-order valence-corrected chi connectivity index (χ3v) is 4.73. The van der Waals surface area contributed by atoms with Gasteiger partial charge in [0.05, 0.1) is 6.10 Å². The standard InChI is InChI=1S/C18H23N5O3/c19-18-21-17(26)14(22-23-18)6-7-16(25)20-15(12-9-13(24)10-12)8-11-4-2-1-3-5-11/h1-5,12-13,15,24H,6-10H2,(H,20,25)(H3,19,21,23,26)/t12?,13?,15-/m1/s1. The van der Waals surface area contributed by atoms with Crippen LogP contribution in [0.4, 0.5) is 5.95 Å². The van der Waals surface area contributed by atoms with Gasteiger partial charge in [-0.3, -0.25) is 14.6 Å². The maximum Gasteiger partial charge on any atom is 0.274 e. The van der Waals surface area contributed by atoms with Crippen LogP contribution in [0.5, 0.6) is 0 Å². The molecule has 1 aromatic heterocycles. The van der Waals surface area contributed by atoms with Crippen LogP contribution in [0.15, 0.2) is 35.1 Å². The number of amides is 1. The Labute approximate surface area is 150 Å². The van der Waals surface area contributed by atoms with Gasteiger partial charge in [0.25, 0.3) is 5.56 Å². The summed E-state index contributed by atoms with van der Waals surface area (Å²) < 4.78 is 0. The van der Waals surface area contributed by atoms with Crippen LogP contribution in [0.2, 0.25) is 0 Å². The highest BCUT2D eigenvalue weighted by atomic mass is 16.3. The highest BCUT2D eigenvalue weighted by molar-refractivity contribution is 5.76. The third kappa shape index (κ3) is 4.66. The van der Waals surface area contributed by atoms with Gasteiger partial charge in [-0.15, -0.1) is 10.2 Å². The fourth-order valence-electron chi connectivity index (χ4n) is 3.21. The first-order valence-electron chi connectivity index (χ1n) is 8.74. The lowest BCUT2D eigenvalue weighted by molar-refractivity contribution is -0.122. The number of hydrogen-bond donors (Lipinski definition) is 4. The number of rotatable bonds is 7. The van der Waals surface area contributed by atoms with Crippen molar-refractivity contribution < 1.29 is 9.90 Å². The molecule has 0 bridgehead atoms. The molecule has 2 aromatic rings. The monoisotopic (exact) mass is 357 g/mol. The van der Waals surface area contributed by atoms with Gasteiger partial charge < -0.3 is 16.2 Å². The predicted molar refractivity (Wildman–Crippen MR) is 96.2 cm³/mol. The molecule has 0 spiro atoms. The topological polar surface area (TPSA) is 134 Å². The van der Waals surface area contributed by atoms with Crippen molar-refractivity contribution in [2.45, 2.75) is 44.2 Å². The summed E-state index contributed by atoms with van der Waals surface area (Å²) in [5.41, 5.74) is 6.26. The van der Waals surface area contributed by atoms with Crippen molar-refractivity contribution in [3.05, 3.63) is 51.9 Å². The molecule has 1 amide bonds. The molecule has 8 nitrogen and oxygen atoms in total. The lowest BCUT2D eigenvalue weighted by atomic mass is 9.75. The average molecular weight is 357 g/mol. The number of nitrogen functional groups attached to an aromatic ring is 1. The van der Waals surface area contributed by atoms with E-state index in [0.717, 1.165) is 5.56 Å². The van der Waals surface area contributed by atoms with Crippen molar-refractivity contribution in [1.29, 1.82) is 0 Å². The molecule has 0 aliphatic heterocycles. The number of anilines is 1. The van der Waals surface area contributed by atoms with E-state index in [1.54, 1.807) is 0 Å². The Morgan fingerprint density at radius 2 is 2.04 bits per heavy atom. The number of aliphatic hydroxyl groups is 1. The lowest BCUT2D eigenvalue weighted by Gasteiger charge is -2.38. The fourth-order valence-corrected chi connectivity index (χ4v) is 3.21. The van der Waals surface area contributed by atoms with Crippen LogP contribution in [0.1, 0.15) is 30.5 Å². The van der Waals surface area contributed by atoms with Gasteiger partial charge in [-0.1, -0.05) is 30.3 Å². The van der Waals surface area contributed by atoms with E-state index in [9.17, 15) is 14.7 Å². The molecule has 0 radical (unpaired) electrons. The number of carbonyl (C=O) groups is 1. The normalized spacial score (nSPS) is 20.2. The van der Waals surface area contributed by atoms with Gasteiger partial charge in [0.2, 0.25) is 11.9 Å². The molecule has 1 saturated carbocycles. The molecule has 138 valence electrons. The Balaban J connectivity index is 1.58. The second kappa shape index (κ2) is 8.09. The van der Waals surface area contributed by atoms with E-state index >= 15 is 0 Å². The first-order valence-corrected chi connectivity index (χ1v) is 8.74. The van der Waals surface area contributed by atoms with Crippen LogP contribution in [-0.2, 0) is 17.6 Å². The quantitative estimate of drug-likeness (QED) is 0.558. The minimum Gasteiger partial charge on any atom is -0.393 e. The minimum absolute atomic E-state index is 0.0379. The van der Waals surface area contributed by atoms with Gasteiger partial charge in [-0.25, -0.2) is 0 Å². The molecule has 1 aromatic carbocycles. The summed E-state index contributed by atoms with van der Waals surface area (Å²) in [6.07, 6.45) is 2.16. The van der Waals surface area contributed by atoms with E-state index in [4.69, 9.17) is 5.73 Å². The van der Waals surface area contributed by atoms with Crippen molar-refractivity contribution in [2.75, 3.05) is 5.73 Å². The van der Waals surface area contributed by atoms with Crippen LogP contribution in [0.25, 0.3) is 0 Å². The fraction of sp³-hybridized carbons (Fsp3) is 0.444. The van der Waals surface area contributed by atoms with Gasteiger partial charge in [-0.2, -0.15) is 0 Å². The van der Waals surface area contributed by atoms with Gasteiger partial charge in [-0.05, 0) is 30.7 Å². The molecular weight excluding hydrogens is 334 g/mol. The molecule has 26 heavy (non-hydrogen) atoms. The number of aliphatic hydroxyl groups excluding tert-OH is 1. The van der Waals surface area contributed by atoms with Gasteiger partial charge in [0.1, 0.15) is 5.69 Å². The summed E-state index contributed by atoms with van der Waals surface area (Å²) in [5.74, 6) is 0.0638. The number of nitrogens with one attached hydrogen (secondary N) is 2. The molecule has 1 heterocycles. The smallest absolute Gasteiger partial charge is 0.274 e. The molecule has 1 atom stereocenters. The Morgan fingerprint density at radius 1 is 1.31 bits per heavy atom. The molecule has 0 unspecified atom stereocenters. The van der Waals surface area contributed by atoms with Crippen molar-refractivity contribution in [1.82, 2.24) is 20.5 Å². The van der Waals surface area contributed by atoms with Crippen LogP contribution in [-0.4, -0.2) is 38.3 Å².